The molecule has 2 fully saturated rings. The number of hydrogen-bond donors (Lipinski definition) is 1. The van der Waals surface area contributed by atoms with Crippen LogP contribution < -0.4 is 5.32 Å². The van der Waals surface area contributed by atoms with Crippen molar-refractivity contribution in [3.8, 4) is 0 Å². The van der Waals surface area contributed by atoms with E-state index in [1.165, 1.54) is 25.7 Å². The topological polar surface area (TPSA) is 32.3 Å². The smallest absolute Gasteiger partial charge is 0.230 e. The summed E-state index contributed by atoms with van der Waals surface area (Å²) in [6.45, 7) is 9.60. The summed E-state index contributed by atoms with van der Waals surface area (Å²) in [5.41, 5.74) is -0.103. The number of nitrogens with zero attached hydrogens (tertiary/aromatic N) is 1. The van der Waals surface area contributed by atoms with E-state index in [-0.39, 0.29) is 5.41 Å². The van der Waals surface area contributed by atoms with Crippen LogP contribution in [-0.2, 0) is 4.79 Å². The van der Waals surface area contributed by atoms with Gasteiger partial charge in [0.05, 0.1) is 5.41 Å². The first-order chi connectivity index (χ1) is 10.1. The Kier molecular flexibility index (Phi) is 6.09. The fourth-order valence-electron chi connectivity index (χ4n) is 4.09. The van der Waals surface area contributed by atoms with Gasteiger partial charge in [-0.15, -0.1) is 0 Å². The lowest BCUT2D eigenvalue weighted by atomic mass is 9.80. The summed E-state index contributed by atoms with van der Waals surface area (Å²) in [7, 11) is 0. The SMILES string of the molecule is CCCC1(C(=O)N(CCC(C)C)C2CCCC2)CCNC1. The van der Waals surface area contributed by atoms with Gasteiger partial charge < -0.3 is 10.2 Å². The third kappa shape index (κ3) is 4.00. The van der Waals surface area contributed by atoms with Crippen LogP contribution in [0.15, 0.2) is 0 Å². The molecule has 2 rings (SSSR count). The number of hydrogen-bond acceptors (Lipinski definition) is 2. The second kappa shape index (κ2) is 7.62. The third-order valence-corrected chi connectivity index (χ3v) is 5.40. The lowest BCUT2D eigenvalue weighted by Gasteiger charge is -2.38. The lowest BCUT2D eigenvalue weighted by molar-refractivity contribution is -0.144. The Morgan fingerprint density at radius 3 is 2.57 bits per heavy atom. The zero-order chi connectivity index (χ0) is 15.3. The average Bonchev–Trinajstić information content (AvgIpc) is 3.11. The molecule has 1 amide bonds. The maximum absolute atomic E-state index is 13.3. The minimum Gasteiger partial charge on any atom is -0.339 e. The number of nitrogens with one attached hydrogen (secondary N) is 1. The molecule has 2 aliphatic rings. The van der Waals surface area contributed by atoms with Gasteiger partial charge in [-0.25, -0.2) is 0 Å². The van der Waals surface area contributed by atoms with E-state index < -0.39 is 0 Å². The van der Waals surface area contributed by atoms with E-state index in [9.17, 15) is 4.79 Å². The van der Waals surface area contributed by atoms with Crippen molar-refractivity contribution in [3.63, 3.8) is 0 Å². The van der Waals surface area contributed by atoms with Gasteiger partial charge in [-0.2, -0.15) is 0 Å². The molecule has 3 heteroatoms. The van der Waals surface area contributed by atoms with Crippen molar-refractivity contribution in [2.24, 2.45) is 11.3 Å². The summed E-state index contributed by atoms with van der Waals surface area (Å²) in [5.74, 6) is 1.13. The molecular formula is C18H34N2O. The van der Waals surface area contributed by atoms with E-state index in [0.29, 0.717) is 17.9 Å². The van der Waals surface area contributed by atoms with Crippen molar-refractivity contribution in [2.75, 3.05) is 19.6 Å². The Labute approximate surface area is 130 Å². The van der Waals surface area contributed by atoms with E-state index in [1.807, 2.05) is 0 Å². The quantitative estimate of drug-likeness (QED) is 0.778. The zero-order valence-corrected chi connectivity index (χ0v) is 14.3. The van der Waals surface area contributed by atoms with Crippen molar-refractivity contribution in [2.45, 2.75) is 78.2 Å². The molecular weight excluding hydrogens is 260 g/mol. The van der Waals surface area contributed by atoms with Gasteiger partial charge >= 0.3 is 0 Å². The van der Waals surface area contributed by atoms with Gasteiger partial charge in [0.2, 0.25) is 5.91 Å². The summed E-state index contributed by atoms with van der Waals surface area (Å²) in [5, 5.41) is 3.44. The second-order valence-corrected chi connectivity index (χ2v) is 7.58. The molecule has 0 radical (unpaired) electrons. The summed E-state index contributed by atoms with van der Waals surface area (Å²) in [6.07, 6.45) is 9.37. The highest BCUT2D eigenvalue weighted by atomic mass is 16.2. The van der Waals surface area contributed by atoms with Crippen molar-refractivity contribution >= 4 is 5.91 Å². The van der Waals surface area contributed by atoms with Crippen LogP contribution in [0.5, 0.6) is 0 Å². The Hall–Kier alpha value is -0.570. The van der Waals surface area contributed by atoms with Crippen LogP contribution in [0, 0.1) is 11.3 Å². The van der Waals surface area contributed by atoms with Gasteiger partial charge in [0.15, 0.2) is 0 Å². The van der Waals surface area contributed by atoms with Crippen LogP contribution in [0.1, 0.15) is 72.1 Å². The number of amides is 1. The fraction of sp³-hybridized carbons (Fsp3) is 0.944. The van der Waals surface area contributed by atoms with Crippen molar-refractivity contribution in [1.29, 1.82) is 0 Å². The van der Waals surface area contributed by atoms with Gasteiger partial charge in [0, 0.05) is 19.1 Å². The largest absolute Gasteiger partial charge is 0.339 e. The minimum atomic E-state index is -0.103. The number of rotatable bonds is 7. The maximum atomic E-state index is 13.3. The molecule has 1 heterocycles. The van der Waals surface area contributed by atoms with E-state index >= 15 is 0 Å². The van der Waals surface area contributed by atoms with Crippen LogP contribution in [0.4, 0.5) is 0 Å². The highest BCUT2D eigenvalue weighted by Gasteiger charge is 2.44. The van der Waals surface area contributed by atoms with E-state index in [2.05, 4.69) is 31.0 Å². The fourth-order valence-corrected chi connectivity index (χ4v) is 4.09. The molecule has 1 unspecified atom stereocenters. The van der Waals surface area contributed by atoms with Crippen molar-refractivity contribution < 1.29 is 4.79 Å². The van der Waals surface area contributed by atoms with Crippen LogP contribution >= 0.6 is 0 Å². The molecule has 0 aromatic carbocycles. The summed E-state index contributed by atoms with van der Waals surface area (Å²) in [4.78, 5) is 15.6. The van der Waals surface area contributed by atoms with Crippen molar-refractivity contribution in [3.05, 3.63) is 0 Å². The van der Waals surface area contributed by atoms with Gasteiger partial charge in [-0.1, -0.05) is 40.0 Å². The summed E-state index contributed by atoms with van der Waals surface area (Å²) in [6, 6.07) is 0.519. The van der Waals surface area contributed by atoms with Crippen LogP contribution in [0.25, 0.3) is 0 Å². The minimum absolute atomic E-state index is 0.103. The molecule has 1 aliphatic carbocycles. The lowest BCUT2D eigenvalue weighted by Crippen LogP contribution is -2.49. The molecule has 1 saturated carbocycles. The van der Waals surface area contributed by atoms with Crippen LogP contribution in [0.3, 0.4) is 0 Å². The van der Waals surface area contributed by atoms with E-state index in [1.54, 1.807) is 0 Å². The predicted octanol–water partition coefficient (Wildman–Crippen LogP) is 3.58. The molecule has 21 heavy (non-hydrogen) atoms. The molecule has 1 N–H and O–H groups in total. The zero-order valence-electron chi connectivity index (χ0n) is 14.3. The molecule has 0 aromatic rings. The third-order valence-electron chi connectivity index (χ3n) is 5.40. The second-order valence-electron chi connectivity index (χ2n) is 7.58. The maximum Gasteiger partial charge on any atom is 0.230 e. The Bertz CT molecular complexity index is 328. The first kappa shape index (κ1) is 16.8. The molecule has 0 spiro atoms. The number of carbonyl (C=O) groups is 1. The highest BCUT2D eigenvalue weighted by Crippen LogP contribution is 2.36. The van der Waals surface area contributed by atoms with E-state index in [0.717, 1.165) is 45.3 Å². The molecule has 122 valence electrons. The Balaban J connectivity index is 2.11. The average molecular weight is 294 g/mol. The normalized spacial score (nSPS) is 26.7. The standard InChI is InChI=1S/C18H34N2O/c1-4-10-18(11-12-19-14-18)17(21)20(13-9-15(2)3)16-7-5-6-8-16/h15-16,19H,4-14H2,1-3H3. The first-order valence-electron chi connectivity index (χ1n) is 9.11. The van der Waals surface area contributed by atoms with Crippen LogP contribution in [-0.4, -0.2) is 36.5 Å². The summed E-state index contributed by atoms with van der Waals surface area (Å²) >= 11 is 0. The Morgan fingerprint density at radius 2 is 2.05 bits per heavy atom. The molecule has 0 bridgehead atoms. The van der Waals surface area contributed by atoms with Gasteiger partial charge in [0.1, 0.15) is 0 Å². The molecule has 1 atom stereocenters. The van der Waals surface area contributed by atoms with E-state index in [4.69, 9.17) is 0 Å². The highest BCUT2D eigenvalue weighted by molar-refractivity contribution is 5.83. The van der Waals surface area contributed by atoms with Crippen LogP contribution in [0.2, 0.25) is 0 Å². The predicted molar refractivity (Wildman–Crippen MR) is 88.3 cm³/mol. The summed E-state index contributed by atoms with van der Waals surface area (Å²) < 4.78 is 0. The molecule has 0 aromatic heterocycles. The Morgan fingerprint density at radius 1 is 1.33 bits per heavy atom. The van der Waals surface area contributed by atoms with Gasteiger partial charge in [-0.05, 0) is 44.6 Å². The van der Waals surface area contributed by atoms with Crippen molar-refractivity contribution in [1.82, 2.24) is 10.2 Å². The molecule has 1 aliphatic heterocycles. The number of carbonyl (C=O) groups excluding carboxylic acids is 1. The van der Waals surface area contributed by atoms with Gasteiger partial charge in [0.25, 0.3) is 0 Å². The molecule has 3 nitrogen and oxygen atoms in total. The monoisotopic (exact) mass is 294 g/mol. The molecule has 1 saturated heterocycles. The first-order valence-corrected chi connectivity index (χ1v) is 9.11. The van der Waals surface area contributed by atoms with Gasteiger partial charge in [-0.3, -0.25) is 4.79 Å².